The number of rotatable bonds is 10. The molecule has 1 fully saturated rings. The van der Waals surface area contributed by atoms with Crippen molar-refractivity contribution in [3.8, 4) is 0 Å². The number of likely N-dealkylation sites (tertiary alicyclic amines) is 1. The van der Waals surface area contributed by atoms with E-state index in [4.69, 9.17) is 9.47 Å². The number of anilines is 1. The van der Waals surface area contributed by atoms with Crippen LogP contribution >= 0.6 is 0 Å². The molecule has 0 aromatic heterocycles. The third-order valence-electron chi connectivity index (χ3n) is 7.30. The first-order valence-corrected chi connectivity index (χ1v) is 13.4. The third kappa shape index (κ3) is 7.41. The fourth-order valence-electron chi connectivity index (χ4n) is 5.48. The smallest absolute Gasteiger partial charge is 0.362 e. The molecule has 0 spiro atoms. The molecule has 37 heavy (non-hydrogen) atoms. The number of hydrogen-bond donors (Lipinski definition) is 1. The van der Waals surface area contributed by atoms with E-state index in [0.29, 0.717) is 22.2 Å². The molecule has 1 saturated heterocycles. The SMILES string of the molecule is CCCC(C(=O)Nc1c(C)cc(C)cc1C(=O)OC)[N+]1(CC(=O)OCc2ccccc2)CCCCCC1. The highest BCUT2D eigenvalue weighted by molar-refractivity contribution is 6.03. The number of benzene rings is 2. The van der Waals surface area contributed by atoms with E-state index in [-0.39, 0.29) is 25.0 Å². The monoisotopic (exact) mass is 509 g/mol. The Bertz CT molecular complexity index is 1070. The van der Waals surface area contributed by atoms with Crippen molar-refractivity contribution in [2.24, 2.45) is 0 Å². The van der Waals surface area contributed by atoms with Gasteiger partial charge in [-0.05, 0) is 68.7 Å². The van der Waals surface area contributed by atoms with Crippen molar-refractivity contribution < 1.29 is 28.3 Å². The van der Waals surface area contributed by atoms with Gasteiger partial charge in [-0.2, -0.15) is 0 Å². The molecule has 0 radical (unpaired) electrons. The van der Waals surface area contributed by atoms with Crippen molar-refractivity contribution in [3.63, 3.8) is 0 Å². The second-order valence-electron chi connectivity index (χ2n) is 10.2. The van der Waals surface area contributed by atoms with Crippen molar-refractivity contribution in [3.05, 3.63) is 64.7 Å². The van der Waals surface area contributed by atoms with Crippen LogP contribution in [0.15, 0.2) is 42.5 Å². The highest BCUT2D eigenvalue weighted by atomic mass is 16.5. The molecule has 1 N–H and O–H groups in total. The molecule has 1 heterocycles. The van der Waals surface area contributed by atoms with Crippen LogP contribution in [-0.4, -0.2) is 55.1 Å². The van der Waals surface area contributed by atoms with Crippen LogP contribution in [0.5, 0.6) is 0 Å². The molecule has 2 aromatic carbocycles. The Hall–Kier alpha value is -3.19. The highest BCUT2D eigenvalue weighted by Gasteiger charge is 2.44. The number of hydrogen-bond acceptors (Lipinski definition) is 5. The Morgan fingerprint density at radius 2 is 1.68 bits per heavy atom. The first kappa shape index (κ1) is 28.4. The molecule has 7 heteroatoms. The fraction of sp³-hybridized carbons (Fsp3) is 0.500. The average Bonchev–Trinajstić information content (AvgIpc) is 3.13. The first-order chi connectivity index (χ1) is 17.8. The molecule has 1 amide bonds. The van der Waals surface area contributed by atoms with Crippen LogP contribution in [0.25, 0.3) is 0 Å². The van der Waals surface area contributed by atoms with Crippen LogP contribution in [0.1, 0.15) is 72.5 Å². The molecule has 1 aliphatic heterocycles. The number of quaternary nitrogens is 1. The van der Waals surface area contributed by atoms with E-state index >= 15 is 0 Å². The van der Waals surface area contributed by atoms with Gasteiger partial charge in [0.25, 0.3) is 5.91 Å². The number of amides is 1. The zero-order valence-corrected chi connectivity index (χ0v) is 22.7. The largest absolute Gasteiger partial charge is 0.465 e. The number of nitrogens with zero attached hydrogens (tertiary/aromatic N) is 1. The van der Waals surface area contributed by atoms with Gasteiger partial charge in [-0.25, -0.2) is 9.59 Å². The Morgan fingerprint density at radius 1 is 1.00 bits per heavy atom. The van der Waals surface area contributed by atoms with E-state index < -0.39 is 12.0 Å². The van der Waals surface area contributed by atoms with Crippen molar-refractivity contribution in [1.29, 1.82) is 0 Å². The Labute approximate surface area is 220 Å². The van der Waals surface area contributed by atoms with Crippen molar-refractivity contribution >= 4 is 23.5 Å². The molecule has 0 saturated carbocycles. The van der Waals surface area contributed by atoms with Crippen LogP contribution < -0.4 is 5.32 Å². The summed E-state index contributed by atoms with van der Waals surface area (Å²) in [7, 11) is 1.34. The molecular weight excluding hydrogens is 468 g/mol. The minimum Gasteiger partial charge on any atom is -0.465 e. The van der Waals surface area contributed by atoms with E-state index in [0.717, 1.165) is 61.9 Å². The number of methoxy groups -OCH3 is 1. The quantitative estimate of drug-likeness (QED) is 0.346. The van der Waals surface area contributed by atoms with Crippen LogP contribution in [0.4, 0.5) is 5.69 Å². The molecule has 200 valence electrons. The van der Waals surface area contributed by atoms with Gasteiger partial charge < -0.3 is 19.3 Å². The van der Waals surface area contributed by atoms with Gasteiger partial charge in [0.2, 0.25) is 0 Å². The Morgan fingerprint density at radius 3 is 2.30 bits per heavy atom. The van der Waals surface area contributed by atoms with Gasteiger partial charge in [0.15, 0.2) is 12.6 Å². The summed E-state index contributed by atoms with van der Waals surface area (Å²) < 4.78 is 11.0. The maximum Gasteiger partial charge on any atom is 0.362 e. The second kappa shape index (κ2) is 13.4. The number of carbonyl (C=O) groups is 3. The molecule has 0 aliphatic carbocycles. The molecule has 7 nitrogen and oxygen atoms in total. The number of nitrogens with one attached hydrogen (secondary N) is 1. The topological polar surface area (TPSA) is 81.7 Å². The molecule has 2 aromatic rings. The molecule has 3 rings (SSSR count). The van der Waals surface area contributed by atoms with E-state index in [9.17, 15) is 14.4 Å². The minimum atomic E-state index is -0.489. The van der Waals surface area contributed by atoms with Crippen molar-refractivity contribution in [2.45, 2.75) is 71.9 Å². The van der Waals surface area contributed by atoms with Crippen molar-refractivity contribution in [2.75, 3.05) is 32.1 Å². The lowest BCUT2D eigenvalue weighted by Crippen LogP contribution is -2.62. The second-order valence-corrected chi connectivity index (χ2v) is 10.2. The summed E-state index contributed by atoms with van der Waals surface area (Å²) in [5.74, 6) is -0.949. The summed E-state index contributed by atoms with van der Waals surface area (Å²) >= 11 is 0. The van der Waals surface area contributed by atoms with Gasteiger partial charge in [0.1, 0.15) is 6.61 Å². The van der Waals surface area contributed by atoms with E-state index in [1.165, 1.54) is 7.11 Å². The van der Waals surface area contributed by atoms with Gasteiger partial charge in [-0.15, -0.1) is 0 Å². The van der Waals surface area contributed by atoms with Gasteiger partial charge in [0.05, 0.1) is 31.5 Å². The summed E-state index contributed by atoms with van der Waals surface area (Å²) in [6.07, 6.45) is 5.52. The predicted octanol–water partition coefficient (Wildman–Crippen LogP) is 5.33. The summed E-state index contributed by atoms with van der Waals surface area (Å²) in [5, 5.41) is 3.07. The lowest BCUT2D eigenvalue weighted by atomic mass is 10.0. The number of ether oxygens (including phenoxy) is 2. The maximum atomic E-state index is 13.9. The van der Waals surface area contributed by atoms with E-state index in [1.54, 1.807) is 6.07 Å². The Balaban J connectivity index is 1.88. The van der Waals surface area contributed by atoms with Gasteiger partial charge in [-0.3, -0.25) is 4.79 Å². The number of esters is 2. The predicted molar refractivity (Wildman–Crippen MR) is 144 cm³/mol. The van der Waals surface area contributed by atoms with Crippen LogP contribution in [0.2, 0.25) is 0 Å². The minimum absolute atomic E-state index is 0.154. The van der Waals surface area contributed by atoms with Gasteiger partial charge in [-0.1, -0.05) is 43.3 Å². The standard InChI is InChI=1S/C30H40N2O5/c1-5-13-26(29(34)31-28-23(3)18-22(2)19-25(28)30(35)36-4)32(16-11-6-7-12-17-32)20-27(33)37-21-24-14-9-8-10-15-24/h8-10,14-15,18-19,26H,5-7,11-13,16-17,20-21H2,1-4H3/p+1. The zero-order chi connectivity index (χ0) is 26.8. The van der Waals surface area contributed by atoms with Gasteiger partial charge in [0, 0.05) is 6.42 Å². The first-order valence-electron chi connectivity index (χ1n) is 13.4. The lowest BCUT2D eigenvalue weighted by molar-refractivity contribution is -0.935. The summed E-state index contributed by atoms with van der Waals surface area (Å²) in [6.45, 7) is 7.70. The average molecular weight is 510 g/mol. The molecule has 0 bridgehead atoms. The lowest BCUT2D eigenvalue weighted by Gasteiger charge is -2.42. The summed E-state index contributed by atoms with van der Waals surface area (Å²) in [4.78, 5) is 39.6. The van der Waals surface area contributed by atoms with E-state index in [2.05, 4.69) is 12.2 Å². The van der Waals surface area contributed by atoms with Crippen LogP contribution in [0.3, 0.4) is 0 Å². The normalized spacial score (nSPS) is 15.8. The van der Waals surface area contributed by atoms with Crippen molar-refractivity contribution in [1.82, 2.24) is 0 Å². The maximum absolute atomic E-state index is 13.9. The molecule has 1 unspecified atom stereocenters. The number of aryl methyl sites for hydroxylation is 2. The zero-order valence-electron chi connectivity index (χ0n) is 22.7. The molecule has 1 aliphatic rings. The molecule has 1 atom stereocenters. The third-order valence-corrected chi connectivity index (χ3v) is 7.30. The summed E-state index contributed by atoms with van der Waals surface area (Å²) in [5.41, 5.74) is 3.47. The van der Waals surface area contributed by atoms with E-state index in [1.807, 2.05) is 50.2 Å². The molecular formula is C30H41N2O5+. The van der Waals surface area contributed by atoms with Crippen LogP contribution in [-0.2, 0) is 25.7 Å². The summed E-state index contributed by atoms with van der Waals surface area (Å²) in [6, 6.07) is 12.9. The Kier molecular flexibility index (Phi) is 10.3. The number of carbonyl (C=O) groups excluding carboxylic acids is 3. The fourth-order valence-corrected chi connectivity index (χ4v) is 5.48. The van der Waals surface area contributed by atoms with Crippen LogP contribution in [0, 0.1) is 13.8 Å². The van der Waals surface area contributed by atoms with Gasteiger partial charge >= 0.3 is 11.9 Å². The highest BCUT2D eigenvalue weighted by Crippen LogP contribution is 2.29.